The Kier molecular flexibility index (Phi) is 5.15. The molecule has 0 saturated carbocycles. The van der Waals surface area contributed by atoms with E-state index in [9.17, 15) is 0 Å². The van der Waals surface area contributed by atoms with Gasteiger partial charge in [0.1, 0.15) is 23.2 Å². The lowest BCUT2D eigenvalue weighted by Crippen LogP contribution is -2.25. The quantitative estimate of drug-likeness (QED) is 0.687. The molecule has 5 heteroatoms. The van der Waals surface area contributed by atoms with Gasteiger partial charge in [0.15, 0.2) is 0 Å². The van der Waals surface area contributed by atoms with Gasteiger partial charge in [-0.2, -0.15) is 0 Å². The molecule has 1 unspecified atom stereocenters. The standard InChI is InChI=1S/C23H26N4O/c1-16-14-19-9-4-6-10-20(19)27(16)23-15-22(25-17(2)26-23)24-13-12-18-8-5-7-11-21(18)28-3/h4-11,15-16H,12-14H2,1-3H3,(H,24,25,26). The molecule has 1 aliphatic heterocycles. The molecule has 1 N–H and O–H groups in total. The first-order valence-corrected chi connectivity index (χ1v) is 9.74. The smallest absolute Gasteiger partial charge is 0.139 e. The monoisotopic (exact) mass is 374 g/mol. The number of aromatic nitrogens is 2. The highest BCUT2D eigenvalue weighted by Gasteiger charge is 2.28. The minimum absolute atomic E-state index is 0.383. The number of benzene rings is 2. The van der Waals surface area contributed by atoms with Crippen LogP contribution in [0, 0.1) is 6.92 Å². The van der Waals surface area contributed by atoms with Crippen molar-refractivity contribution in [3.8, 4) is 5.75 Å². The van der Waals surface area contributed by atoms with Gasteiger partial charge in [0, 0.05) is 24.3 Å². The zero-order valence-electron chi connectivity index (χ0n) is 16.6. The zero-order valence-corrected chi connectivity index (χ0v) is 16.6. The predicted octanol–water partition coefficient (Wildman–Crippen LogP) is 4.53. The van der Waals surface area contributed by atoms with Crippen LogP contribution in [0.15, 0.2) is 54.6 Å². The molecule has 2 aromatic carbocycles. The molecule has 0 fully saturated rings. The molecule has 0 saturated heterocycles. The summed E-state index contributed by atoms with van der Waals surface area (Å²) in [6.45, 7) is 4.97. The maximum Gasteiger partial charge on any atom is 0.139 e. The van der Waals surface area contributed by atoms with Gasteiger partial charge in [0.25, 0.3) is 0 Å². The maximum absolute atomic E-state index is 5.44. The van der Waals surface area contributed by atoms with Crippen molar-refractivity contribution in [3.63, 3.8) is 0 Å². The van der Waals surface area contributed by atoms with Crippen molar-refractivity contribution in [3.05, 3.63) is 71.5 Å². The first kappa shape index (κ1) is 18.3. The van der Waals surface area contributed by atoms with Crippen LogP contribution in [0.25, 0.3) is 0 Å². The summed E-state index contributed by atoms with van der Waals surface area (Å²) in [7, 11) is 1.71. The molecule has 3 aromatic rings. The lowest BCUT2D eigenvalue weighted by molar-refractivity contribution is 0.410. The summed E-state index contributed by atoms with van der Waals surface area (Å²) in [4.78, 5) is 11.6. The molecule has 2 heterocycles. The SMILES string of the molecule is COc1ccccc1CCNc1cc(N2c3ccccc3CC2C)nc(C)n1. The summed E-state index contributed by atoms with van der Waals surface area (Å²) < 4.78 is 5.44. The van der Waals surface area contributed by atoms with E-state index < -0.39 is 0 Å². The van der Waals surface area contributed by atoms with Gasteiger partial charge in [0.05, 0.1) is 7.11 Å². The average molecular weight is 374 g/mol. The molecule has 0 bridgehead atoms. The van der Waals surface area contributed by atoms with E-state index in [1.54, 1.807) is 7.11 Å². The summed E-state index contributed by atoms with van der Waals surface area (Å²) in [6, 6.07) is 19.1. The Bertz CT molecular complexity index is 972. The number of hydrogen-bond acceptors (Lipinski definition) is 5. The van der Waals surface area contributed by atoms with Crippen LogP contribution < -0.4 is 15.0 Å². The molecule has 144 valence electrons. The Morgan fingerprint density at radius 1 is 1.11 bits per heavy atom. The van der Waals surface area contributed by atoms with Crippen LogP contribution in [0.2, 0.25) is 0 Å². The van der Waals surface area contributed by atoms with E-state index in [1.807, 2.05) is 31.2 Å². The van der Waals surface area contributed by atoms with Crippen molar-refractivity contribution in [2.75, 3.05) is 23.9 Å². The summed E-state index contributed by atoms with van der Waals surface area (Å²) in [5.74, 6) is 3.50. The molecule has 28 heavy (non-hydrogen) atoms. The van der Waals surface area contributed by atoms with Crippen LogP contribution in [0.3, 0.4) is 0 Å². The number of fused-ring (bicyclic) bond motifs is 1. The van der Waals surface area contributed by atoms with Crippen molar-refractivity contribution in [1.29, 1.82) is 0 Å². The fraction of sp³-hybridized carbons (Fsp3) is 0.304. The van der Waals surface area contributed by atoms with Gasteiger partial charge >= 0.3 is 0 Å². The topological polar surface area (TPSA) is 50.3 Å². The van der Waals surface area contributed by atoms with E-state index in [0.29, 0.717) is 6.04 Å². The van der Waals surface area contributed by atoms with Crippen molar-refractivity contribution in [2.45, 2.75) is 32.7 Å². The van der Waals surface area contributed by atoms with E-state index >= 15 is 0 Å². The van der Waals surface area contributed by atoms with Crippen molar-refractivity contribution in [1.82, 2.24) is 9.97 Å². The highest BCUT2D eigenvalue weighted by molar-refractivity contribution is 5.70. The molecule has 0 aliphatic carbocycles. The molecular formula is C23H26N4O. The van der Waals surface area contributed by atoms with Crippen LogP contribution in [0.1, 0.15) is 23.9 Å². The van der Waals surface area contributed by atoms with Gasteiger partial charge in [-0.1, -0.05) is 36.4 Å². The molecule has 1 aromatic heterocycles. The predicted molar refractivity (Wildman–Crippen MR) is 114 cm³/mol. The third-order valence-corrected chi connectivity index (χ3v) is 5.17. The first-order valence-electron chi connectivity index (χ1n) is 9.74. The zero-order chi connectivity index (χ0) is 19.5. The summed E-state index contributed by atoms with van der Waals surface area (Å²) >= 11 is 0. The van der Waals surface area contributed by atoms with E-state index in [2.05, 4.69) is 52.5 Å². The highest BCUT2D eigenvalue weighted by atomic mass is 16.5. The van der Waals surface area contributed by atoms with Crippen LogP contribution in [0.4, 0.5) is 17.3 Å². The number of para-hydroxylation sites is 2. The Hall–Kier alpha value is -3.08. The number of rotatable bonds is 6. The third kappa shape index (κ3) is 3.65. The van der Waals surface area contributed by atoms with Gasteiger partial charge < -0.3 is 15.0 Å². The lowest BCUT2D eigenvalue weighted by Gasteiger charge is -2.24. The Labute approximate surface area is 166 Å². The molecular weight excluding hydrogens is 348 g/mol. The third-order valence-electron chi connectivity index (χ3n) is 5.17. The summed E-state index contributed by atoms with van der Waals surface area (Å²) in [5, 5.41) is 3.45. The largest absolute Gasteiger partial charge is 0.496 e. The number of nitrogens with one attached hydrogen (secondary N) is 1. The first-order chi connectivity index (χ1) is 13.7. The Balaban J connectivity index is 1.52. The van der Waals surface area contributed by atoms with Crippen molar-refractivity contribution >= 4 is 17.3 Å². The number of methoxy groups -OCH3 is 1. The normalized spacial score (nSPS) is 15.4. The van der Waals surface area contributed by atoms with Crippen LogP contribution in [-0.4, -0.2) is 29.7 Å². The second kappa shape index (κ2) is 7.89. The Morgan fingerprint density at radius 3 is 2.75 bits per heavy atom. The fourth-order valence-corrected chi connectivity index (χ4v) is 3.92. The fourth-order valence-electron chi connectivity index (χ4n) is 3.92. The second-order valence-corrected chi connectivity index (χ2v) is 7.20. The molecule has 0 radical (unpaired) electrons. The molecule has 1 atom stereocenters. The number of anilines is 3. The van der Waals surface area contributed by atoms with Crippen LogP contribution in [0.5, 0.6) is 5.75 Å². The minimum Gasteiger partial charge on any atom is -0.496 e. The van der Waals surface area contributed by atoms with Gasteiger partial charge in [-0.15, -0.1) is 0 Å². The molecule has 4 rings (SSSR count). The van der Waals surface area contributed by atoms with Crippen molar-refractivity contribution < 1.29 is 4.74 Å². The summed E-state index contributed by atoms with van der Waals surface area (Å²) in [6.07, 6.45) is 1.90. The average Bonchev–Trinajstić information content (AvgIpc) is 3.03. The van der Waals surface area contributed by atoms with Gasteiger partial charge in [-0.3, -0.25) is 0 Å². The Morgan fingerprint density at radius 2 is 1.89 bits per heavy atom. The van der Waals surface area contributed by atoms with Crippen LogP contribution >= 0.6 is 0 Å². The number of aryl methyl sites for hydroxylation is 1. The van der Waals surface area contributed by atoms with Crippen LogP contribution in [-0.2, 0) is 12.8 Å². The second-order valence-electron chi connectivity index (χ2n) is 7.20. The molecule has 5 nitrogen and oxygen atoms in total. The van der Waals surface area contributed by atoms with Crippen molar-refractivity contribution in [2.24, 2.45) is 0 Å². The lowest BCUT2D eigenvalue weighted by atomic mass is 10.1. The maximum atomic E-state index is 5.44. The van der Waals surface area contributed by atoms with E-state index in [1.165, 1.54) is 16.8 Å². The highest BCUT2D eigenvalue weighted by Crippen LogP contribution is 2.37. The van der Waals surface area contributed by atoms with Gasteiger partial charge in [-0.05, 0) is 49.9 Å². The van der Waals surface area contributed by atoms with E-state index in [0.717, 1.165) is 42.6 Å². The summed E-state index contributed by atoms with van der Waals surface area (Å²) in [5.41, 5.74) is 3.80. The molecule has 1 aliphatic rings. The minimum atomic E-state index is 0.383. The van der Waals surface area contributed by atoms with Gasteiger partial charge in [0.2, 0.25) is 0 Å². The van der Waals surface area contributed by atoms with E-state index in [-0.39, 0.29) is 0 Å². The number of ether oxygens (including phenoxy) is 1. The number of nitrogens with zero attached hydrogens (tertiary/aromatic N) is 3. The van der Waals surface area contributed by atoms with Gasteiger partial charge in [-0.25, -0.2) is 9.97 Å². The van der Waals surface area contributed by atoms with E-state index in [4.69, 9.17) is 9.72 Å². The number of hydrogen-bond donors (Lipinski definition) is 1. The molecule has 0 amide bonds. The molecule has 0 spiro atoms.